The Labute approximate surface area is 201 Å². The number of carbonyl (C=O) groups excluding carboxylic acids is 1. The van der Waals surface area contributed by atoms with Crippen LogP contribution >= 0.6 is 23.7 Å². The zero-order valence-corrected chi connectivity index (χ0v) is 21.1. The average Bonchev–Trinajstić information content (AvgIpc) is 2.78. The number of nitrogens with zero attached hydrogens (tertiary/aromatic N) is 1. The van der Waals surface area contributed by atoms with Crippen molar-refractivity contribution in [1.29, 1.82) is 0 Å². The van der Waals surface area contributed by atoms with Gasteiger partial charge in [-0.15, -0.1) is 0 Å². The minimum Gasteiger partial charge on any atom is -0.497 e. The van der Waals surface area contributed by atoms with Crippen molar-refractivity contribution >= 4 is 29.6 Å². The highest BCUT2D eigenvalue weighted by molar-refractivity contribution is 7.98. The van der Waals surface area contributed by atoms with E-state index >= 15 is 0 Å². The molecule has 2 unspecified atom stereocenters. The molecule has 0 aliphatic carbocycles. The van der Waals surface area contributed by atoms with Gasteiger partial charge in [-0.05, 0) is 60.4 Å². The lowest BCUT2D eigenvalue weighted by atomic mass is 10.0. The minimum absolute atomic E-state index is 0.0162. The molecule has 32 heavy (non-hydrogen) atoms. The SMILES string of the molecule is COc1ccc(SN(CC(C)C)CC(O)C(Cc2ccccc2)NC(=O)CCSC)cc1. The van der Waals surface area contributed by atoms with E-state index in [2.05, 4.69) is 23.5 Å². The molecule has 2 rings (SSSR count). The number of thioether (sulfide) groups is 1. The van der Waals surface area contributed by atoms with Crippen molar-refractivity contribution in [3.05, 3.63) is 60.2 Å². The fraction of sp³-hybridized carbons (Fsp3) is 0.480. The van der Waals surface area contributed by atoms with Gasteiger partial charge in [0.15, 0.2) is 0 Å². The Morgan fingerprint density at radius 1 is 1.09 bits per heavy atom. The van der Waals surface area contributed by atoms with Gasteiger partial charge in [0.2, 0.25) is 5.91 Å². The lowest BCUT2D eigenvalue weighted by Gasteiger charge is -2.30. The third-order valence-electron chi connectivity index (χ3n) is 4.90. The molecular weight excluding hydrogens is 440 g/mol. The molecule has 2 aromatic carbocycles. The summed E-state index contributed by atoms with van der Waals surface area (Å²) in [5.74, 6) is 2.02. The van der Waals surface area contributed by atoms with Crippen LogP contribution in [0.15, 0.2) is 59.5 Å². The first-order valence-electron chi connectivity index (χ1n) is 11.0. The van der Waals surface area contributed by atoms with E-state index in [0.29, 0.717) is 25.3 Å². The molecule has 0 fully saturated rings. The van der Waals surface area contributed by atoms with Crippen LogP contribution in [0.3, 0.4) is 0 Å². The minimum atomic E-state index is -0.696. The molecule has 0 aliphatic rings. The molecular formula is C25H36N2O3S2. The molecule has 0 saturated carbocycles. The molecule has 0 aromatic heterocycles. The van der Waals surface area contributed by atoms with Crippen molar-refractivity contribution in [1.82, 2.24) is 9.62 Å². The highest BCUT2D eigenvalue weighted by Crippen LogP contribution is 2.26. The van der Waals surface area contributed by atoms with Gasteiger partial charge in [-0.3, -0.25) is 4.79 Å². The Morgan fingerprint density at radius 3 is 2.38 bits per heavy atom. The smallest absolute Gasteiger partial charge is 0.221 e. The first-order valence-corrected chi connectivity index (χ1v) is 13.1. The van der Waals surface area contributed by atoms with Gasteiger partial charge in [-0.2, -0.15) is 11.8 Å². The van der Waals surface area contributed by atoms with Gasteiger partial charge >= 0.3 is 0 Å². The van der Waals surface area contributed by atoms with Crippen molar-refractivity contribution in [2.45, 2.75) is 43.7 Å². The van der Waals surface area contributed by atoms with E-state index in [9.17, 15) is 9.90 Å². The molecule has 0 heterocycles. The number of aliphatic hydroxyl groups is 1. The molecule has 0 radical (unpaired) electrons. The fourth-order valence-electron chi connectivity index (χ4n) is 3.30. The van der Waals surface area contributed by atoms with Crippen LogP contribution in [0.1, 0.15) is 25.8 Å². The van der Waals surface area contributed by atoms with Crippen molar-refractivity contribution in [3.8, 4) is 5.75 Å². The number of aliphatic hydroxyl groups excluding tert-OH is 1. The number of carbonyl (C=O) groups is 1. The number of methoxy groups -OCH3 is 1. The van der Waals surface area contributed by atoms with Crippen LogP contribution in [0.4, 0.5) is 0 Å². The van der Waals surface area contributed by atoms with Crippen LogP contribution in [0, 0.1) is 5.92 Å². The summed E-state index contributed by atoms with van der Waals surface area (Å²) in [6.07, 6.45) is 2.34. The maximum atomic E-state index is 12.5. The summed E-state index contributed by atoms with van der Waals surface area (Å²) < 4.78 is 7.44. The number of benzene rings is 2. The van der Waals surface area contributed by atoms with Gasteiger partial charge in [-0.1, -0.05) is 44.2 Å². The fourth-order valence-corrected chi connectivity index (χ4v) is 4.85. The van der Waals surface area contributed by atoms with Gasteiger partial charge < -0.3 is 15.2 Å². The second-order valence-corrected chi connectivity index (χ2v) is 10.3. The Morgan fingerprint density at radius 2 is 1.78 bits per heavy atom. The monoisotopic (exact) mass is 476 g/mol. The standard InChI is InChI=1S/C25H36N2O3S2/c1-19(2)17-27(32-22-12-10-21(30-3)11-13-22)18-24(28)23(26-25(29)14-15-31-4)16-20-8-6-5-7-9-20/h5-13,19,23-24,28H,14-18H2,1-4H3,(H,26,29). The Balaban J connectivity index is 2.11. The summed E-state index contributed by atoms with van der Waals surface area (Å²) in [4.78, 5) is 13.5. The first-order chi connectivity index (χ1) is 15.4. The summed E-state index contributed by atoms with van der Waals surface area (Å²) in [6, 6.07) is 17.6. The van der Waals surface area contributed by atoms with E-state index in [1.807, 2.05) is 60.9 Å². The summed E-state index contributed by atoms with van der Waals surface area (Å²) in [7, 11) is 1.66. The van der Waals surface area contributed by atoms with E-state index in [1.165, 1.54) is 0 Å². The lowest BCUT2D eigenvalue weighted by Crippen LogP contribution is -2.49. The van der Waals surface area contributed by atoms with E-state index in [0.717, 1.165) is 28.5 Å². The second kappa shape index (κ2) is 14.5. The predicted octanol–water partition coefficient (Wildman–Crippen LogP) is 4.50. The van der Waals surface area contributed by atoms with Crippen molar-refractivity contribution < 1.29 is 14.6 Å². The van der Waals surface area contributed by atoms with Gasteiger partial charge in [-0.25, -0.2) is 4.31 Å². The second-order valence-electron chi connectivity index (χ2n) is 8.18. The van der Waals surface area contributed by atoms with E-state index in [4.69, 9.17) is 4.74 Å². The normalized spacial score (nSPS) is 13.2. The summed E-state index contributed by atoms with van der Waals surface area (Å²) in [5, 5.41) is 14.3. The molecule has 2 atom stereocenters. The van der Waals surface area contributed by atoms with Crippen LogP contribution in [-0.4, -0.2) is 59.7 Å². The largest absolute Gasteiger partial charge is 0.497 e. The average molecular weight is 477 g/mol. The number of ether oxygens (including phenoxy) is 1. The van der Waals surface area contributed by atoms with Gasteiger partial charge in [0, 0.05) is 30.2 Å². The van der Waals surface area contributed by atoms with Crippen molar-refractivity contribution in [2.75, 3.05) is 32.2 Å². The molecule has 0 bridgehead atoms. The lowest BCUT2D eigenvalue weighted by molar-refractivity contribution is -0.122. The van der Waals surface area contributed by atoms with Gasteiger partial charge in [0.05, 0.1) is 19.3 Å². The van der Waals surface area contributed by atoms with E-state index in [-0.39, 0.29) is 11.9 Å². The third kappa shape index (κ3) is 9.86. The predicted molar refractivity (Wildman–Crippen MR) is 136 cm³/mol. The van der Waals surface area contributed by atoms with Crippen LogP contribution in [0.25, 0.3) is 0 Å². The van der Waals surface area contributed by atoms with Crippen molar-refractivity contribution in [2.24, 2.45) is 5.92 Å². The molecule has 5 nitrogen and oxygen atoms in total. The molecule has 0 aliphatic heterocycles. The summed E-state index contributed by atoms with van der Waals surface area (Å²) >= 11 is 3.27. The number of rotatable bonds is 14. The van der Waals surface area contributed by atoms with Gasteiger partial charge in [0.1, 0.15) is 5.75 Å². The third-order valence-corrected chi connectivity index (χ3v) is 6.55. The quantitative estimate of drug-likeness (QED) is 0.392. The summed E-state index contributed by atoms with van der Waals surface area (Å²) in [5.41, 5.74) is 1.10. The topological polar surface area (TPSA) is 61.8 Å². The number of hydrogen-bond donors (Lipinski definition) is 2. The van der Waals surface area contributed by atoms with Gasteiger partial charge in [0.25, 0.3) is 0 Å². The maximum Gasteiger partial charge on any atom is 0.221 e. The molecule has 2 aromatic rings. The van der Waals surface area contributed by atoms with Crippen LogP contribution < -0.4 is 10.1 Å². The van der Waals surface area contributed by atoms with Crippen LogP contribution in [0.2, 0.25) is 0 Å². The number of nitrogens with one attached hydrogen (secondary N) is 1. The Hall–Kier alpha value is -1.67. The number of amides is 1. The number of hydrogen-bond acceptors (Lipinski definition) is 6. The van der Waals surface area contributed by atoms with E-state index < -0.39 is 6.10 Å². The molecule has 1 amide bonds. The zero-order chi connectivity index (χ0) is 23.3. The molecule has 2 N–H and O–H groups in total. The Bertz CT molecular complexity index is 788. The molecule has 7 heteroatoms. The van der Waals surface area contributed by atoms with Crippen LogP contribution in [0.5, 0.6) is 5.75 Å². The van der Waals surface area contributed by atoms with Crippen LogP contribution in [-0.2, 0) is 11.2 Å². The zero-order valence-electron chi connectivity index (χ0n) is 19.5. The molecule has 176 valence electrons. The van der Waals surface area contributed by atoms with E-state index in [1.54, 1.807) is 30.8 Å². The molecule has 0 saturated heterocycles. The summed E-state index contributed by atoms with van der Waals surface area (Å²) in [6.45, 7) is 5.61. The highest BCUT2D eigenvalue weighted by Gasteiger charge is 2.25. The Kier molecular flexibility index (Phi) is 12.0. The molecule has 0 spiro atoms. The first kappa shape index (κ1) is 26.6. The maximum absolute atomic E-state index is 12.5. The highest BCUT2D eigenvalue weighted by atomic mass is 32.2. The van der Waals surface area contributed by atoms with Crippen molar-refractivity contribution in [3.63, 3.8) is 0 Å².